The van der Waals surface area contributed by atoms with Crippen molar-refractivity contribution < 1.29 is 9.59 Å². The van der Waals surface area contributed by atoms with E-state index in [1.165, 1.54) is 30.7 Å². The fourth-order valence-corrected chi connectivity index (χ4v) is 3.26. The van der Waals surface area contributed by atoms with Crippen molar-refractivity contribution in [3.8, 4) is 0 Å². The molecule has 2 saturated heterocycles. The van der Waals surface area contributed by atoms with Crippen LogP contribution in [0.15, 0.2) is 4.99 Å². The number of nitrogens with zero attached hydrogens (tertiary/aromatic N) is 3. The third-order valence-electron chi connectivity index (χ3n) is 4.72. The van der Waals surface area contributed by atoms with E-state index in [1.807, 2.05) is 6.92 Å². The van der Waals surface area contributed by atoms with E-state index in [9.17, 15) is 9.59 Å². The zero-order chi connectivity index (χ0) is 18.1. The molecule has 2 fully saturated rings. The number of guanidine groups is 1. The Hall–Kier alpha value is -1.83. The first-order valence-electron chi connectivity index (χ1n) is 9.46. The predicted octanol–water partition coefficient (Wildman–Crippen LogP) is 0.358. The Bertz CT molecular complexity index is 466. The van der Waals surface area contributed by atoms with Gasteiger partial charge in [0.25, 0.3) is 0 Å². The Labute approximate surface area is 150 Å². The molecule has 0 radical (unpaired) electrons. The molecule has 0 spiro atoms. The highest BCUT2D eigenvalue weighted by atomic mass is 16.2. The van der Waals surface area contributed by atoms with Gasteiger partial charge in [0.1, 0.15) is 0 Å². The number of rotatable bonds is 8. The average Bonchev–Trinajstić information content (AvgIpc) is 2.92. The van der Waals surface area contributed by atoms with Crippen molar-refractivity contribution in [3.05, 3.63) is 0 Å². The summed E-state index contributed by atoms with van der Waals surface area (Å²) in [6, 6.07) is 0.373. The van der Waals surface area contributed by atoms with Crippen LogP contribution in [0.5, 0.6) is 0 Å². The van der Waals surface area contributed by atoms with Crippen molar-refractivity contribution in [1.29, 1.82) is 0 Å². The van der Waals surface area contributed by atoms with Crippen molar-refractivity contribution in [1.82, 2.24) is 25.8 Å². The first-order chi connectivity index (χ1) is 12.1. The summed E-state index contributed by atoms with van der Waals surface area (Å²) < 4.78 is 0. The summed E-state index contributed by atoms with van der Waals surface area (Å²) in [5.74, 6) is 0.561. The Morgan fingerprint density at radius 3 is 2.80 bits per heavy atom. The third kappa shape index (κ3) is 6.19. The lowest BCUT2D eigenvalue weighted by atomic mass is 10.0. The first-order valence-corrected chi connectivity index (χ1v) is 9.46. The lowest BCUT2D eigenvalue weighted by Gasteiger charge is -2.33. The van der Waals surface area contributed by atoms with Gasteiger partial charge in [0.15, 0.2) is 5.96 Å². The Morgan fingerprint density at radius 1 is 1.28 bits per heavy atom. The molecule has 25 heavy (non-hydrogen) atoms. The van der Waals surface area contributed by atoms with Crippen LogP contribution in [0.3, 0.4) is 0 Å². The zero-order valence-electron chi connectivity index (χ0n) is 15.5. The number of piperidine rings is 1. The van der Waals surface area contributed by atoms with Crippen LogP contribution in [0.25, 0.3) is 0 Å². The van der Waals surface area contributed by atoms with Crippen molar-refractivity contribution in [2.75, 3.05) is 45.8 Å². The second kappa shape index (κ2) is 10.2. The summed E-state index contributed by atoms with van der Waals surface area (Å²) in [7, 11) is 0. The Morgan fingerprint density at radius 2 is 2.12 bits per heavy atom. The molecule has 8 heteroatoms. The third-order valence-corrected chi connectivity index (χ3v) is 4.72. The molecule has 0 bridgehead atoms. The number of carbonyl (C=O) groups excluding carboxylic acids is 2. The quantitative estimate of drug-likeness (QED) is 0.254. The Kier molecular flexibility index (Phi) is 7.97. The highest BCUT2D eigenvalue weighted by molar-refractivity contribution is 6.01. The second-order valence-electron chi connectivity index (χ2n) is 6.63. The van der Waals surface area contributed by atoms with Crippen molar-refractivity contribution in [3.63, 3.8) is 0 Å². The molecule has 1 unspecified atom stereocenters. The topological polar surface area (TPSA) is 89.1 Å². The lowest BCUT2D eigenvalue weighted by Crippen LogP contribution is -2.43. The molecule has 8 nitrogen and oxygen atoms in total. The Balaban J connectivity index is 1.68. The molecule has 2 aliphatic heterocycles. The molecule has 0 saturated carbocycles. The van der Waals surface area contributed by atoms with E-state index in [-0.39, 0.29) is 18.5 Å². The molecule has 0 aliphatic carbocycles. The monoisotopic (exact) mass is 352 g/mol. The van der Waals surface area contributed by atoms with Gasteiger partial charge in [0.05, 0.1) is 6.54 Å². The van der Waals surface area contributed by atoms with E-state index in [2.05, 4.69) is 32.8 Å². The van der Waals surface area contributed by atoms with Gasteiger partial charge >= 0.3 is 6.03 Å². The van der Waals surface area contributed by atoms with Gasteiger partial charge in [-0.2, -0.15) is 0 Å². The minimum absolute atomic E-state index is 0.0991. The second-order valence-corrected chi connectivity index (χ2v) is 6.63. The number of urea groups is 1. The number of aliphatic imine (C=N–C) groups is 1. The minimum atomic E-state index is -0.315. The zero-order valence-corrected chi connectivity index (χ0v) is 15.5. The van der Waals surface area contributed by atoms with Gasteiger partial charge in [-0.3, -0.25) is 14.7 Å². The molecule has 2 heterocycles. The maximum atomic E-state index is 11.5. The van der Waals surface area contributed by atoms with Crippen molar-refractivity contribution in [2.24, 2.45) is 4.99 Å². The summed E-state index contributed by atoms with van der Waals surface area (Å²) in [5, 5.41) is 8.90. The van der Waals surface area contributed by atoms with E-state index >= 15 is 0 Å². The van der Waals surface area contributed by atoms with Crippen molar-refractivity contribution in [2.45, 2.75) is 45.6 Å². The molecule has 3 amide bonds. The van der Waals surface area contributed by atoms with Gasteiger partial charge in [-0.05, 0) is 39.7 Å². The van der Waals surface area contributed by atoms with Crippen LogP contribution >= 0.6 is 0 Å². The summed E-state index contributed by atoms with van der Waals surface area (Å²) in [4.78, 5) is 31.4. The van der Waals surface area contributed by atoms with Crippen LogP contribution in [0.4, 0.5) is 4.79 Å². The van der Waals surface area contributed by atoms with Crippen LogP contribution in [0, 0.1) is 0 Å². The molecule has 142 valence electrons. The number of imide groups is 1. The molecule has 0 aromatic heterocycles. The highest BCUT2D eigenvalue weighted by Crippen LogP contribution is 2.16. The van der Waals surface area contributed by atoms with Crippen LogP contribution in [-0.4, -0.2) is 79.6 Å². The van der Waals surface area contributed by atoms with E-state index in [4.69, 9.17) is 0 Å². The molecule has 3 N–H and O–H groups in total. The summed E-state index contributed by atoms with van der Waals surface area (Å²) in [6.07, 6.45) is 4.99. The van der Waals surface area contributed by atoms with Gasteiger partial charge in [-0.15, -0.1) is 0 Å². The summed E-state index contributed by atoms with van der Waals surface area (Å²) in [5.41, 5.74) is 0. The molecule has 2 aliphatic rings. The number of hydrogen-bond acceptors (Lipinski definition) is 4. The fraction of sp³-hybridized carbons (Fsp3) is 0.824. The molecular weight excluding hydrogens is 320 g/mol. The molecular formula is C17H32N6O2. The fourth-order valence-electron chi connectivity index (χ4n) is 3.26. The molecule has 2 rings (SSSR count). The standard InChI is InChI=1S/C17H32N6O2/c1-3-18-16(20-9-12-23-15(24)13-21-17(23)25)19-8-6-11-22-10-5-4-7-14(22)2/h14H,3-13H2,1-2H3,(H,21,25)(H2,18,19,20). The van der Waals surface area contributed by atoms with Gasteiger partial charge in [0.2, 0.25) is 5.91 Å². The number of amides is 3. The number of likely N-dealkylation sites (tertiary alicyclic amines) is 1. The van der Waals surface area contributed by atoms with Gasteiger partial charge in [-0.1, -0.05) is 6.42 Å². The summed E-state index contributed by atoms with van der Waals surface area (Å²) >= 11 is 0. The van der Waals surface area contributed by atoms with E-state index in [0.717, 1.165) is 32.0 Å². The van der Waals surface area contributed by atoms with Gasteiger partial charge in [-0.25, -0.2) is 4.79 Å². The van der Waals surface area contributed by atoms with Crippen LogP contribution in [0.1, 0.15) is 39.5 Å². The average molecular weight is 352 g/mol. The lowest BCUT2D eigenvalue weighted by molar-refractivity contribution is -0.124. The molecule has 1 atom stereocenters. The smallest absolute Gasteiger partial charge is 0.324 e. The van der Waals surface area contributed by atoms with Crippen LogP contribution in [0.2, 0.25) is 0 Å². The SMILES string of the molecule is CCNC(=NCCCN1CCCCC1C)NCCN1C(=O)CNC1=O. The normalized spacial score (nSPS) is 22.2. The van der Waals surface area contributed by atoms with Gasteiger partial charge < -0.3 is 20.9 Å². The highest BCUT2D eigenvalue weighted by Gasteiger charge is 2.27. The first kappa shape index (κ1) is 19.5. The van der Waals surface area contributed by atoms with E-state index in [0.29, 0.717) is 19.1 Å². The van der Waals surface area contributed by atoms with Gasteiger partial charge in [0, 0.05) is 38.8 Å². The predicted molar refractivity (Wildman–Crippen MR) is 98.6 cm³/mol. The van der Waals surface area contributed by atoms with E-state index in [1.54, 1.807) is 0 Å². The van der Waals surface area contributed by atoms with Crippen LogP contribution < -0.4 is 16.0 Å². The van der Waals surface area contributed by atoms with Crippen molar-refractivity contribution >= 4 is 17.9 Å². The summed E-state index contributed by atoms with van der Waals surface area (Å²) in [6.45, 7) is 9.10. The number of carbonyl (C=O) groups is 2. The maximum absolute atomic E-state index is 11.5. The van der Waals surface area contributed by atoms with Crippen LogP contribution in [-0.2, 0) is 4.79 Å². The minimum Gasteiger partial charge on any atom is -0.357 e. The molecule has 0 aromatic carbocycles. The number of hydrogen-bond donors (Lipinski definition) is 3. The maximum Gasteiger partial charge on any atom is 0.324 e. The molecule has 0 aromatic rings. The number of nitrogens with one attached hydrogen (secondary N) is 3. The van der Waals surface area contributed by atoms with E-state index < -0.39 is 0 Å². The largest absolute Gasteiger partial charge is 0.357 e.